The lowest BCUT2D eigenvalue weighted by Crippen LogP contribution is -2.42. The number of imidazole rings is 1. The summed E-state index contributed by atoms with van der Waals surface area (Å²) in [5, 5.41) is 3.38. The molecule has 0 spiro atoms. The van der Waals surface area contributed by atoms with Crippen molar-refractivity contribution in [1.82, 2.24) is 19.8 Å². The van der Waals surface area contributed by atoms with Crippen molar-refractivity contribution in [1.29, 1.82) is 0 Å². The third-order valence-electron chi connectivity index (χ3n) is 5.31. The summed E-state index contributed by atoms with van der Waals surface area (Å²) in [5.74, 6) is -0.0955. The van der Waals surface area contributed by atoms with Crippen LogP contribution in [0.4, 0.5) is 0 Å². The Kier molecular flexibility index (Phi) is 5.40. The summed E-state index contributed by atoms with van der Waals surface area (Å²) < 4.78 is 7.19. The van der Waals surface area contributed by atoms with Crippen LogP contribution in [0.25, 0.3) is 5.69 Å². The van der Waals surface area contributed by atoms with Crippen molar-refractivity contribution in [3.8, 4) is 5.69 Å². The number of piperidine rings is 1. The lowest BCUT2D eigenvalue weighted by Gasteiger charge is -2.28. The van der Waals surface area contributed by atoms with Gasteiger partial charge in [0.25, 0.3) is 11.8 Å². The number of rotatable bonds is 4. The fourth-order valence-electron chi connectivity index (χ4n) is 3.91. The Bertz CT molecular complexity index is 852. The van der Waals surface area contributed by atoms with Crippen molar-refractivity contribution in [3.05, 3.63) is 47.5 Å². The van der Waals surface area contributed by atoms with Crippen molar-refractivity contribution in [3.63, 3.8) is 0 Å². The fourth-order valence-corrected chi connectivity index (χ4v) is 3.91. The van der Waals surface area contributed by atoms with Gasteiger partial charge in [-0.2, -0.15) is 0 Å². The van der Waals surface area contributed by atoms with E-state index in [4.69, 9.17) is 10.5 Å². The van der Waals surface area contributed by atoms with Crippen LogP contribution in [-0.4, -0.2) is 65.7 Å². The van der Waals surface area contributed by atoms with Crippen LogP contribution in [0, 0.1) is 0 Å². The van der Waals surface area contributed by atoms with Gasteiger partial charge in [0.1, 0.15) is 11.5 Å². The normalized spacial score (nSPS) is 20.1. The molecule has 2 amide bonds. The van der Waals surface area contributed by atoms with Gasteiger partial charge in [0.15, 0.2) is 5.69 Å². The molecule has 3 N–H and O–H groups in total. The zero-order valence-corrected chi connectivity index (χ0v) is 15.8. The van der Waals surface area contributed by atoms with Gasteiger partial charge >= 0.3 is 0 Å². The second kappa shape index (κ2) is 8.12. The first-order valence-electron chi connectivity index (χ1n) is 9.72. The van der Waals surface area contributed by atoms with Crippen molar-refractivity contribution < 1.29 is 14.3 Å². The van der Waals surface area contributed by atoms with Crippen LogP contribution in [0.3, 0.4) is 0 Å². The van der Waals surface area contributed by atoms with Crippen LogP contribution in [-0.2, 0) is 4.74 Å². The minimum absolute atomic E-state index is 0.0425. The first kappa shape index (κ1) is 18.6. The van der Waals surface area contributed by atoms with Crippen LogP contribution in [0.15, 0.2) is 30.3 Å². The van der Waals surface area contributed by atoms with E-state index in [1.807, 2.05) is 34.9 Å². The summed E-state index contributed by atoms with van der Waals surface area (Å²) in [7, 11) is 0. The Morgan fingerprint density at radius 3 is 2.57 bits per heavy atom. The van der Waals surface area contributed by atoms with Gasteiger partial charge in [-0.3, -0.25) is 14.2 Å². The number of nitrogens with one attached hydrogen (secondary N) is 1. The van der Waals surface area contributed by atoms with E-state index in [2.05, 4.69) is 10.3 Å². The van der Waals surface area contributed by atoms with Crippen LogP contribution >= 0.6 is 0 Å². The number of nitrogens with two attached hydrogens (primary N) is 1. The van der Waals surface area contributed by atoms with Gasteiger partial charge in [-0.15, -0.1) is 0 Å². The Hall–Kier alpha value is -2.71. The minimum atomic E-state index is -0.684. The summed E-state index contributed by atoms with van der Waals surface area (Å²) in [6.45, 7) is 3.65. The van der Waals surface area contributed by atoms with Gasteiger partial charge in [0.05, 0.1) is 13.2 Å². The van der Waals surface area contributed by atoms with E-state index in [0.717, 1.165) is 31.6 Å². The average molecular weight is 383 g/mol. The van der Waals surface area contributed by atoms with Crippen molar-refractivity contribution in [2.75, 3.05) is 39.4 Å². The van der Waals surface area contributed by atoms with Crippen molar-refractivity contribution in [2.45, 2.75) is 18.8 Å². The number of carbonyl (C=O) groups excluding carboxylic acids is 2. The molecule has 2 saturated heterocycles. The molecule has 8 nitrogen and oxygen atoms in total. The smallest absolute Gasteiger partial charge is 0.273 e. The maximum Gasteiger partial charge on any atom is 0.273 e. The van der Waals surface area contributed by atoms with E-state index >= 15 is 0 Å². The van der Waals surface area contributed by atoms with Gasteiger partial charge in [0, 0.05) is 31.2 Å². The zero-order chi connectivity index (χ0) is 19.5. The Labute approximate surface area is 163 Å². The Morgan fingerprint density at radius 1 is 1.18 bits per heavy atom. The highest BCUT2D eigenvalue weighted by molar-refractivity contribution is 6.05. The molecule has 2 fully saturated rings. The highest BCUT2D eigenvalue weighted by Gasteiger charge is 2.33. The summed E-state index contributed by atoms with van der Waals surface area (Å²) in [4.78, 5) is 31.9. The lowest BCUT2D eigenvalue weighted by atomic mass is 9.98. The van der Waals surface area contributed by atoms with Gasteiger partial charge < -0.3 is 20.7 Å². The third-order valence-corrected chi connectivity index (χ3v) is 5.31. The number of ether oxygens (including phenoxy) is 1. The first-order chi connectivity index (χ1) is 13.7. The molecule has 4 rings (SSSR count). The third kappa shape index (κ3) is 3.53. The molecule has 1 atom stereocenters. The highest BCUT2D eigenvalue weighted by Crippen LogP contribution is 2.29. The highest BCUT2D eigenvalue weighted by atomic mass is 16.5. The molecule has 8 heteroatoms. The molecular formula is C20H25N5O3. The number of hydrogen-bond acceptors (Lipinski definition) is 5. The van der Waals surface area contributed by atoms with Gasteiger partial charge in [-0.05, 0) is 31.5 Å². The van der Waals surface area contributed by atoms with Crippen molar-refractivity contribution >= 4 is 11.8 Å². The SMILES string of the molecule is NC(=O)c1nc(C2CCCNC2)n(-c2ccccc2)c1C(=O)N1CCOCC1. The fraction of sp³-hybridized carbons (Fsp3) is 0.450. The molecule has 2 aliphatic heterocycles. The summed E-state index contributed by atoms with van der Waals surface area (Å²) in [5.41, 5.74) is 6.74. The van der Waals surface area contributed by atoms with E-state index in [1.165, 1.54) is 0 Å². The predicted molar refractivity (Wildman–Crippen MR) is 104 cm³/mol. The molecule has 1 aromatic carbocycles. The second-order valence-electron chi connectivity index (χ2n) is 7.15. The maximum atomic E-state index is 13.4. The van der Waals surface area contributed by atoms with E-state index in [-0.39, 0.29) is 23.2 Å². The molecule has 148 valence electrons. The molecular weight excluding hydrogens is 358 g/mol. The largest absolute Gasteiger partial charge is 0.378 e. The molecule has 2 aliphatic rings. The number of hydrogen-bond donors (Lipinski definition) is 2. The van der Waals surface area contributed by atoms with Crippen LogP contribution < -0.4 is 11.1 Å². The molecule has 1 unspecified atom stereocenters. The van der Waals surface area contributed by atoms with Crippen LogP contribution in [0.1, 0.15) is 45.6 Å². The van der Waals surface area contributed by atoms with E-state index < -0.39 is 5.91 Å². The van der Waals surface area contributed by atoms with Crippen LogP contribution in [0.2, 0.25) is 0 Å². The molecule has 0 saturated carbocycles. The number of para-hydroxylation sites is 1. The summed E-state index contributed by atoms with van der Waals surface area (Å²) >= 11 is 0. The Balaban J connectivity index is 1.87. The number of morpholine rings is 1. The maximum absolute atomic E-state index is 13.4. The molecule has 2 aromatic rings. The number of amides is 2. The zero-order valence-electron chi connectivity index (χ0n) is 15.8. The molecule has 1 aromatic heterocycles. The number of primary amides is 1. The number of aromatic nitrogens is 2. The van der Waals surface area contributed by atoms with Gasteiger partial charge in [0.2, 0.25) is 0 Å². The molecule has 3 heterocycles. The minimum Gasteiger partial charge on any atom is -0.378 e. The topological polar surface area (TPSA) is 102 Å². The van der Waals surface area contributed by atoms with E-state index in [9.17, 15) is 9.59 Å². The van der Waals surface area contributed by atoms with Gasteiger partial charge in [-0.1, -0.05) is 18.2 Å². The monoisotopic (exact) mass is 383 g/mol. The average Bonchev–Trinajstić information content (AvgIpc) is 3.16. The number of nitrogens with zero attached hydrogens (tertiary/aromatic N) is 3. The van der Waals surface area contributed by atoms with E-state index in [0.29, 0.717) is 32.1 Å². The molecule has 0 bridgehead atoms. The summed E-state index contributed by atoms with van der Waals surface area (Å²) in [6.07, 6.45) is 1.96. The standard InChI is InChI=1S/C20H25N5O3/c21-18(26)16-17(20(27)24-9-11-28-12-10-24)25(15-6-2-1-3-7-15)19(23-16)14-5-4-8-22-13-14/h1-3,6-7,14,22H,4-5,8-13H2,(H2,21,26). The molecule has 0 aliphatic carbocycles. The second-order valence-corrected chi connectivity index (χ2v) is 7.15. The van der Waals surface area contributed by atoms with Crippen LogP contribution in [0.5, 0.6) is 0 Å². The number of benzene rings is 1. The van der Waals surface area contributed by atoms with E-state index in [1.54, 1.807) is 4.90 Å². The molecule has 0 radical (unpaired) electrons. The first-order valence-corrected chi connectivity index (χ1v) is 9.72. The predicted octanol–water partition coefficient (Wildman–Crippen LogP) is 0.911. The lowest BCUT2D eigenvalue weighted by molar-refractivity contribution is 0.0296. The Morgan fingerprint density at radius 2 is 1.93 bits per heavy atom. The summed E-state index contributed by atoms with van der Waals surface area (Å²) in [6, 6.07) is 9.57. The number of carbonyl (C=O) groups is 2. The van der Waals surface area contributed by atoms with Gasteiger partial charge in [-0.25, -0.2) is 4.98 Å². The molecule has 28 heavy (non-hydrogen) atoms. The quantitative estimate of drug-likeness (QED) is 0.817. The van der Waals surface area contributed by atoms with Crippen molar-refractivity contribution in [2.24, 2.45) is 5.73 Å².